The molecule has 0 unspecified atom stereocenters. The van der Waals surface area contributed by atoms with E-state index in [9.17, 15) is 0 Å². The smallest absolute Gasteiger partial charge is 0.234 e. The van der Waals surface area contributed by atoms with Crippen LogP contribution in [-0.2, 0) is 19.5 Å². The van der Waals surface area contributed by atoms with E-state index >= 15 is 0 Å². The molecule has 0 spiro atoms. The molecule has 0 aliphatic carbocycles. The van der Waals surface area contributed by atoms with Crippen LogP contribution in [0, 0.1) is 0 Å². The lowest BCUT2D eigenvalue weighted by Gasteiger charge is -2.06. The summed E-state index contributed by atoms with van der Waals surface area (Å²) in [6, 6.07) is 0. The van der Waals surface area contributed by atoms with E-state index in [0.29, 0.717) is 0 Å². The maximum Gasteiger partial charge on any atom is 0.256 e. The summed E-state index contributed by atoms with van der Waals surface area (Å²) in [6.45, 7) is 9.32. The van der Waals surface area contributed by atoms with E-state index in [1.54, 1.807) is 5.82 Å². The average molecular weight is 392 g/mol. The summed E-state index contributed by atoms with van der Waals surface area (Å²) in [6.07, 6.45) is 29.6. The lowest BCUT2D eigenvalue weighted by molar-refractivity contribution is -0.704. The van der Waals surface area contributed by atoms with Crippen molar-refractivity contribution in [3.8, 4) is 0 Å². The number of aromatic nitrogens is 2. The summed E-state index contributed by atoms with van der Waals surface area (Å²) >= 11 is 0. The van der Waals surface area contributed by atoms with Crippen LogP contribution in [0.2, 0.25) is 0 Å². The molecule has 0 saturated heterocycles. The zero-order valence-corrected chi connectivity index (χ0v) is 19.7. The second-order valence-electron chi connectivity index (χ2n) is 8.80. The maximum absolute atomic E-state index is 2.57. The first-order chi connectivity index (χ1) is 13.8. The van der Waals surface area contributed by atoms with Crippen LogP contribution in [0.25, 0.3) is 0 Å². The molecule has 28 heavy (non-hydrogen) atoms. The Labute approximate surface area is 177 Å². The zero-order chi connectivity index (χ0) is 20.3. The highest BCUT2D eigenvalue weighted by Crippen LogP contribution is 2.12. The summed E-state index contributed by atoms with van der Waals surface area (Å²) in [4.78, 5) is 0. The van der Waals surface area contributed by atoms with Gasteiger partial charge in [0.05, 0.1) is 13.1 Å². The molecule has 2 nitrogen and oxygen atoms in total. The number of rotatable bonds is 20. The lowest BCUT2D eigenvalue weighted by atomic mass is 10.1. The summed E-state index contributed by atoms with van der Waals surface area (Å²) < 4.78 is 5.12. The second kappa shape index (κ2) is 18.3. The first kappa shape index (κ1) is 25.2. The number of imidazole rings is 1. The quantitative estimate of drug-likeness (QED) is 0.157. The molecule has 1 aromatic heterocycles. The van der Waals surface area contributed by atoms with Crippen molar-refractivity contribution in [1.82, 2.24) is 4.57 Å². The Balaban J connectivity index is 2.33. The van der Waals surface area contributed by atoms with Gasteiger partial charge < -0.3 is 0 Å². The van der Waals surface area contributed by atoms with E-state index in [2.05, 4.69) is 42.3 Å². The van der Waals surface area contributed by atoms with Gasteiger partial charge in [-0.15, -0.1) is 0 Å². The van der Waals surface area contributed by atoms with Crippen molar-refractivity contribution in [1.29, 1.82) is 0 Å². The Bertz CT molecular complexity index is 449. The van der Waals surface area contributed by atoms with E-state index in [0.717, 1.165) is 0 Å². The molecule has 0 atom stereocenters. The molecule has 1 aromatic rings. The Hall–Kier alpha value is -0.790. The molecule has 0 saturated carbocycles. The summed E-state index contributed by atoms with van der Waals surface area (Å²) in [7, 11) is 0. The predicted molar refractivity (Wildman–Crippen MR) is 124 cm³/mol. The normalized spacial score (nSPS) is 11.4. The Morgan fingerprint density at radius 3 is 1.68 bits per heavy atom. The maximum atomic E-state index is 2.57. The minimum absolute atomic E-state index is 1.20. The van der Waals surface area contributed by atoms with Crippen LogP contribution in [0.15, 0.2) is 12.4 Å². The lowest BCUT2D eigenvalue weighted by Crippen LogP contribution is -2.37. The van der Waals surface area contributed by atoms with Crippen molar-refractivity contribution < 1.29 is 4.57 Å². The van der Waals surface area contributed by atoms with Crippen molar-refractivity contribution >= 4 is 0 Å². The van der Waals surface area contributed by atoms with Crippen LogP contribution in [0.1, 0.15) is 136 Å². The van der Waals surface area contributed by atoms with Crippen LogP contribution in [-0.4, -0.2) is 4.57 Å². The van der Waals surface area contributed by atoms with Crippen molar-refractivity contribution in [3.63, 3.8) is 0 Å². The largest absolute Gasteiger partial charge is 0.256 e. The van der Waals surface area contributed by atoms with Crippen molar-refractivity contribution in [2.45, 2.75) is 149 Å². The van der Waals surface area contributed by atoms with Gasteiger partial charge in [0.15, 0.2) is 0 Å². The number of hydrogen-bond donors (Lipinski definition) is 0. The van der Waals surface area contributed by atoms with Crippen LogP contribution in [0.4, 0.5) is 0 Å². The van der Waals surface area contributed by atoms with Gasteiger partial charge in [-0.25, -0.2) is 9.13 Å². The van der Waals surface area contributed by atoms with Crippen LogP contribution in [0.3, 0.4) is 0 Å². The van der Waals surface area contributed by atoms with Crippen LogP contribution in [0.5, 0.6) is 0 Å². The topological polar surface area (TPSA) is 8.81 Å². The van der Waals surface area contributed by atoms with Gasteiger partial charge in [-0.05, 0) is 25.7 Å². The van der Waals surface area contributed by atoms with Gasteiger partial charge in [-0.3, -0.25) is 0 Å². The van der Waals surface area contributed by atoms with Crippen molar-refractivity contribution in [2.75, 3.05) is 0 Å². The summed E-state index contributed by atoms with van der Waals surface area (Å²) in [5.74, 6) is 1.59. The Kier molecular flexibility index (Phi) is 16.5. The third-order valence-corrected chi connectivity index (χ3v) is 6.10. The molecular weight excluding hydrogens is 340 g/mol. The van der Waals surface area contributed by atoms with E-state index in [1.807, 2.05) is 0 Å². The zero-order valence-electron chi connectivity index (χ0n) is 19.7. The fourth-order valence-electron chi connectivity index (χ4n) is 4.18. The minimum Gasteiger partial charge on any atom is -0.234 e. The summed E-state index contributed by atoms with van der Waals surface area (Å²) in [5.41, 5.74) is 0. The summed E-state index contributed by atoms with van der Waals surface area (Å²) in [5, 5.41) is 0. The van der Waals surface area contributed by atoms with Gasteiger partial charge >= 0.3 is 0 Å². The van der Waals surface area contributed by atoms with E-state index in [1.165, 1.54) is 129 Å². The highest BCUT2D eigenvalue weighted by Gasteiger charge is 2.16. The monoisotopic (exact) mass is 391 g/mol. The molecule has 164 valence electrons. The minimum atomic E-state index is 1.20. The Morgan fingerprint density at radius 1 is 0.607 bits per heavy atom. The Morgan fingerprint density at radius 2 is 1.11 bits per heavy atom. The molecule has 0 N–H and O–H groups in total. The van der Waals surface area contributed by atoms with Gasteiger partial charge in [-0.1, -0.05) is 104 Å². The van der Waals surface area contributed by atoms with Gasteiger partial charge in [0.2, 0.25) is 0 Å². The molecule has 0 amide bonds. The predicted octanol–water partition coefficient (Wildman–Crippen LogP) is 8.01. The second-order valence-corrected chi connectivity index (χ2v) is 8.80. The molecule has 0 aliphatic rings. The highest BCUT2D eigenvalue weighted by molar-refractivity contribution is 4.84. The molecular formula is C26H51N2+. The fraction of sp³-hybridized carbons (Fsp3) is 0.885. The van der Waals surface area contributed by atoms with Gasteiger partial charge in [0.1, 0.15) is 12.4 Å². The average Bonchev–Trinajstić information content (AvgIpc) is 3.09. The van der Waals surface area contributed by atoms with E-state index in [4.69, 9.17) is 0 Å². The standard InChI is InChI=1S/C26H51N2/c1-4-7-10-12-14-16-18-20-23-28-25-24-27(22-9-6-3)26(28)21-19-17-15-13-11-8-5-2/h24-25H,4-23H2,1-3H3/q+1. The van der Waals surface area contributed by atoms with Gasteiger partial charge in [0.25, 0.3) is 5.82 Å². The molecule has 0 bridgehead atoms. The van der Waals surface area contributed by atoms with Crippen LogP contribution < -0.4 is 4.57 Å². The first-order valence-corrected chi connectivity index (χ1v) is 12.9. The molecule has 0 fully saturated rings. The molecule has 1 heterocycles. The molecule has 2 heteroatoms. The molecule has 1 rings (SSSR count). The fourth-order valence-corrected chi connectivity index (χ4v) is 4.18. The highest BCUT2D eigenvalue weighted by atomic mass is 15.1. The van der Waals surface area contributed by atoms with Gasteiger partial charge in [0, 0.05) is 6.42 Å². The van der Waals surface area contributed by atoms with E-state index < -0.39 is 0 Å². The molecule has 0 aromatic carbocycles. The van der Waals surface area contributed by atoms with Crippen molar-refractivity contribution in [3.05, 3.63) is 18.2 Å². The number of hydrogen-bond acceptors (Lipinski definition) is 0. The van der Waals surface area contributed by atoms with Crippen molar-refractivity contribution in [2.24, 2.45) is 0 Å². The van der Waals surface area contributed by atoms with E-state index in [-0.39, 0.29) is 0 Å². The molecule has 0 radical (unpaired) electrons. The number of nitrogens with zero attached hydrogens (tertiary/aromatic N) is 2. The molecule has 0 aliphatic heterocycles. The third kappa shape index (κ3) is 11.9. The van der Waals surface area contributed by atoms with Gasteiger partial charge in [-0.2, -0.15) is 0 Å². The third-order valence-electron chi connectivity index (χ3n) is 6.10. The number of aryl methyl sites for hydroxylation is 2. The first-order valence-electron chi connectivity index (χ1n) is 12.9. The van der Waals surface area contributed by atoms with Crippen LogP contribution >= 0.6 is 0 Å². The SMILES string of the molecule is CCCCCCCCCC[n+]1ccn(CCCC)c1CCCCCCCCC. The number of unbranched alkanes of at least 4 members (excludes halogenated alkanes) is 14.